The normalized spacial score (nSPS) is 18.8. The summed E-state index contributed by atoms with van der Waals surface area (Å²) in [5, 5.41) is 11.6. The Hall–Kier alpha value is -1.69. The number of rotatable bonds is 6. The van der Waals surface area contributed by atoms with Crippen LogP contribution in [-0.2, 0) is 18.4 Å². The van der Waals surface area contributed by atoms with Crippen molar-refractivity contribution in [3.05, 3.63) is 24.3 Å². The summed E-state index contributed by atoms with van der Waals surface area (Å²) in [6.45, 7) is 14.1. The van der Waals surface area contributed by atoms with Gasteiger partial charge >= 0.3 is 0 Å². The lowest BCUT2D eigenvalue weighted by Gasteiger charge is -2.39. The van der Waals surface area contributed by atoms with Crippen LogP contribution < -0.4 is 5.32 Å². The van der Waals surface area contributed by atoms with Crippen molar-refractivity contribution in [1.82, 2.24) is 34.8 Å². The Bertz CT molecular complexity index is 735. The lowest BCUT2D eigenvalue weighted by atomic mass is 10.2. The number of nitrogens with one attached hydrogen (secondary N) is 1. The van der Waals surface area contributed by atoms with E-state index >= 15 is 0 Å². The van der Waals surface area contributed by atoms with Crippen molar-refractivity contribution in [1.29, 1.82) is 0 Å². The van der Waals surface area contributed by atoms with Crippen LogP contribution in [0.4, 0.5) is 0 Å². The zero-order valence-corrected chi connectivity index (χ0v) is 20.7. The first-order chi connectivity index (χ1) is 14.0. The number of aliphatic imine (C=N–C) groups is 1. The fourth-order valence-electron chi connectivity index (χ4n) is 3.84. The maximum atomic E-state index is 12.7. The highest BCUT2D eigenvalue weighted by Gasteiger charge is 2.30. The number of hydrogen-bond acceptors (Lipinski definition) is 5. The molecule has 1 amide bonds. The van der Waals surface area contributed by atoms with Gasteiger partial charge in [0.25, 0.3) is 0 Å². The van der Waals surface area contributed by atoms with Crippen molar-refractivity contribution in [2.75, 3.05) is 45.8 Å². The van der Waals surface area contributed by atoms with Crippen molar-refractivity contribution in [3.63, 3.8) is 0 Å². The molecule has 30 heavy (non-hydrogen) atoms. The summed E-state index contributed by atoms with van der Waals surface area (Å²) in [4.78, 5) is 24.0. The molecule has 0 bridgehead atoms. The molecule has 2 fully saturated rings. The van der Waals surface area contributed by atoms with E-state index in [1.54, 1.807) is 0 Å². The number of likely N-dealkylation sites (tertiary alicyclic amines) is 1. The van der Waals surface area contributed by atoms with Gasteiger partial charge in [0.05, 0.1) is 6.04 Å². The molecule has 2 saturated heterocycles. The Balaban J connectivity index is 0.00000320. The first kappa shape index (κ1) is 24.6. The highest BCUT2D eigenvalue weighted by molar-refractivity contribution is 14.0. The lowest BCUT2D eigenvalue weighted by Crippen LogP contribution is -2.57. The molecule has 0 aliphatic carbocycles. The van der Waals surface area contributed by atoms with Gasteiger partial charge in [-0.15, -0.1) is 40.8 Å². The fraction of sp³-hybridized carbons (Fsp3) is 0.700. The Morgan fingerprint density at radius 1 is 1.17 bits per heavy atom. The van der Waals surface area contributed by atoms with Crippen molar-refractivity contribution in [2.24, 2.45) is 12.0 Å². The van der Waals surface area contributed by atoms with Crippen molar-refractivity contribution in [3.8, 4) is 0 Å². The van der Waals surface area contributed by atoms with Gasteiger partial charge in [0.1, 0.15) is 12.4 Å². The molecule has 1 aromatic rings. The van der Waals surface area contributed by atoms with Crippen molar-refractivity contribution >= 4 is 35.8 Å². The predicted octanol–water partition coefficient (Wildman–Crippen LogP) is 1.00. The third-order valence-corrected chi connectivity index (χ3v) is 5.89. The highest BCUT2D eigenvalue weighted by atomic mass is 127. The van der Waals surface area contributed by atoms with Crippen LogP contribution in [0.3, 0.4) is 0 Å². The minimum atomic E-state index is -0.0570. The largest absolute Gasteiger partial charge is 0.353 e. The number of halogens is 1. The number of guanidine groups is 1. The molecule has 1 atom stereocenters. The number of piperazine rings is 1. The topological polar surface area (TPSA) is 81.9 Å². The van der Waals surface area contributed by atoms with E-state index in [1.807, 2.05) is 36.4 Å². The van der Waals surface area contributed by atoms with Crippen LogP contribution in [0.5, 0.6) is 0 Å². The molecule has 3 heterocycles. The second-order valence-electron chi connectivity index (χ2n) is 7.76. The van der Waals surface area contributed by atoms with Crippen LogP contribution in [-0.4, -0.2) is 93.2 Å². The number of aromatic nitrogens is 3. The third kappa shape index (κ3) is 5.93. The fourth-order valence-corrected chi connectivity index (χ4v) is 3.84. The zero-order valence-electron chi connectivity index (χ0n) is 18.4. The minimum Gasteiger partial charge on any atom is -0.353 e. The van der Waals surface area contributed by atoms with E-state index in [0.717, 1.165) is 69.7 Å². The number of carbonyl (C=O) groups excluding carboxylic acids is 1. The summed E-state index contributed by atoms with van der Waals surface area (Å²) in [5.74, 6) is 2.83. The molecule has 168 valence electrons. The average Bonchev–Trinajstić information content (AvgIpc) is 3.39. The van der Waals surface area contributed by atoms with Crippen LogP contribution in [0.25, 0.3) is 0 Å². The number of aryl methyl sites for hydroxylation is 1. The molecular weight excluding hydrogens is 495 g/mol. The number of nitrogens with zero attached hydrogens (tertiary/aromatic N) is 7. The average molecular weight is 530 g/mol. The first-order valence-corrected chi connectivity index (χ1v) is 10.5. The molecule has 0 saturated carbocycles. The van der Waals surface area contributed by atoms with Gasteiger partial charge in [0, 0.05) is 52.9 Å². The standard InChI is InChI=1S/C20H34N8O.HI/c1-5-8-21-20(22-15-18-24-23-17(3)25(18)4)28-13-11-26(12-14-28)16(2)19(29)27-9-6-7-10-27;/h5,16H,1,6-15H2,2-4H3,(H,21,22);1H. The van der Waals surface area contributed by atoms with E-state index in [9.17, 15) is 4.79 Å². The lowest BCUT2D eigenvalue weighted by molar-refractivity contribution is -0.135. The molecule has 1 aromatic heterocycles. The Morgan fingerprint density at radius 3 is 2.40 bits per heavy atom. The van der Waals surface area contributed by atoms with Gasteiger partial charge in [-0.25, -0.2) is 4.99 Å². The van der Waals surface area contributed by atoms with E-state index in [2.05, 4.69) is 31.9 Å². The number of amides is 1. The monoisotopic (exact) mass is 530 g/mol. The smallest absolute Gasteiger partial charge is 0.239 e. The van der Waals surface area contributed by atoms with Gasteiger partial charge in [0.2, 0.25) is 5.91 Å². The molecular formula is C20H35IN8O. The molecule has 1 N–H and O–H groups in total. The molecule has 3 rings (SSSR count). The molecule has 9 nitrogen and oxygen atoms in total. The van der Waals surface area contributed by atoms with Crippen LogP contribution in [0.1, 0.15) is 31.4 Å². The summed E-state index contributed by atoms with van der Waals surface area (Å²) < 4.78 is 1.96. The van der Waals surface area contributed by atoms with Crippen molar-refractivity contribution < 1.29 is 4.79 Å². The maximum absolute atomic E-state index is 12.7. The first-order valence-electron chi connectivity index (χ1n) is 10.5. The van der Waals surface area contributed by atoms with Crippen LogP contribution in [0.2, 0.25) is 0 Å². The van der Waals surface area contributed by atoms with Gasteiger partial charge in [0.15, 0.2) is 11.8 Å². The van der Waals surface area contributed by atoms with E-state index < -0.39 is 0 Å². The molecule has 0 radical (unpaired) electrons. The highest BCUT2D eigenvalue weighted by Crippen LogP contribution is 2.14. The summed E-state index contributed by atoms with van der Waals surface area (Å²) in [6.07, 6.45) is 4.09. The maximum Gasteiger partial charge on any atom is 0.239 e. The Labute approximate surface area is 196 Å². The zero-order chi connectivity index (χ0) is 20.8. The molecule has 1 unspecified atom stereocenters. The Kier molecular flexibility index (Phi) is 9.53. The Morgan fingerprint density at radius 2 is 1.83 bits per heavy atom. The van der Waals surface area contributed by atoms with E-state index in [0.29, 0.717) is 13.1 Å². The third-order valence-electron chi connectivity index (χ3n) is 5.89. The van der Waals surface area contributed by atoms with Gasteiger partial charge in [-0.2, -0.15) is 0 Å². The summed E-state index contributed by atoms with van der Waals surface area (Å²) in [5.41, 5.74) is 0. The second kappa shape index (κ2) is 11.6. The summed E-state index contributed by atoms with van der Waals surface area (Å²) in [6, 6.07) is -0.0570. The van der Waals surface area contributed by atoms with Crippen LogP contribution in [0.15, 0.2) is 17.6 Å². The molecule has 2 aliphatic heterocycles. The summed E-state index contributed by atoms with van der Waals surface area (Å²) in [7, 11) is 1.95. The van der Waals surface area contributed by atoms with E-state index in [4.69, 9.17) is 4.99 Å². The predicted molar refractivity (Wildman–Crippen MR) is 129 cm³/mol. The van der Waals surface area contributed by atoms with Crippen LogP contribution in [0, 0.1) is 6.92 Å². The molecule has 2 aliphatic rings. The van der Waals surface area contributed by atoms with Crippen LogP contribution >= 0.6 is 24.0 Å². The molecule has 10 heteroatoms. The van der Waals surface area contributed by atoms with Crippen molar-refractivity contribution in [2.45, 2.75) is 39.3 Å². The van der Waals surface area contributed by atoms with Gasteiger partial charge in [-0.3, -0.25) is 9.69 Å². The van der Waals surface area contributed by atoms with E-state index in [-0.39, 0.29) is 35.9 Å². The van der Waals surface area contributed by atoms with Gasteiger partial charge in [-0.05, 0) is 26.7 Å². The number of hydrogen-bond donors (Lipinski definition) is 1. The molecule has 0 aromatic carbocycles. The minimum absolute atomic E-state index is 0. The second-order valence-corrected chi connectivity index (χ2v) is 7.76. The number of carbonyl (C=O) groups is 1. The quantitative estimate of drug-likeness (QED) is 0.256. The van der Waals surface area contributed by atoms with Gasteiger partial charge in [-0.1, -0.05) is 6.08 Å². The van der Waals surface area contributed by atoms with Gasteiger partial charge < -0.3 is 19.7 Å². The SMILES string of the molecule is C=CCNC(=NCc1nnc(C)n1C)N1CCN(C(C)C(=O)N2CCCC2)CC1.I. The molecule has 0 spiro atoms. The summed E-state index contributed by atoms with van der Waals surface area (Å²) >= 11 is 0. The van der Waals surface area contributed by atoms with E-state index in [1.165, 1.54) is 0 Å².